The first-order chi connectivity index (χ1) is 10.7. The highest BCUT2D eigenvalue weighted by Gasteiger charge is 2.06. The molecule has 0 atom stereocenters. The SMILES string of the molecule is CCN(CCNC(=O)NCc1ccco1)c1cccc(C)c1. The monoisotopic (exact) mass is 301 g/mol. The number of nitrogens with one attached hydrogen (secondary N) is 2. The van der Waals surface area contributed by atoms with Crippen molar-refractivity contribution in [2.24, 2.45) is 0 Å². The molecule has 0 fully saturated rings. The number of aryl methyl sites for hydroxylation is 1. The Balaban J connectivity index is 1.73. The van der Waals surface area contributed by atoms with Gasteiger partial charge in [0.25, 0.3) is 0 Å². The molecule has 5 heteroatoms. The fourth-order valence-electron chi connectivity index (χ4n) is 2.24. The lowest BCUT2D eigenvalue weighted by atomic mass is 10.2. The Hall–Kier alpha value is -2.43. The molecule has 2 amide bonds. The molecule has 1 aromatic carbocycles. The number of hydrogen-bond donors (Lipinski definition) is 2. The summed E-state index contributed by atoms with van der Waals surface area (Å²) in [7, 11) is 0. The predicted octanol–water partition coefficient (Wildman–Crippen LogP) is 2.91. The van der Waals surface area contributed by atoms with Gasteiger partial charge in [-0.15, -0.1) is 0 Å². The Kier molecular flexibility index (Phi) is 5.89. The molecule has 1 heterocycles. The molecule has 0 aliphatic carbocycles. The van der Waals surface area contributed by atoms with Gasteiger partial charge >= 0.3 is 6.03 Å². The average Bonchev–Trinajstić information content (AvgIpc) is 3.03. The van der Waals surface area contributed by atoms with E-state index in [-0.39, 0.29) is 6.03 Å². The maximum Gasteiger partial charge on any atom is 0.315 e. The Bertz CT molecular complexity index is 581. The van der Waals surface area contributed by atoms with Crippen LogP contribution in [0.1, 0.15) is 18.2 Å². The van der Waals surface area contributed by atoms with Crippen molar-refractivity contribution in [3.63, 3.8) is 0 Å². The zero-order valence-corrected chi connectivity index (χ0v) is 13.1. The Morgan fingerprint density at radius 3 is 2.77 bits per heavy atom. The van der Waals surface area contributed by atoms with Crippen LogP contribution in [0.3, 0.4) is 0 Å². The van der Waals surface area contributed by atoms with Crippen molar-refractivity contribution < 1.29 is 9.21 Å². The van der Waals surface area contributed by atoms with Gasteiger partial charge in [0, 0.05) is 25.3 Å². The van der Waals surface area contributed by atoms with E-state index in [0.717, 1.165) is 18.8 Å². The molecular formula is C17H23N3O2. The molecule has 0 aliphatic rings. The first-order valence-electron chi connectivity index (χ1n) is 7.54. The fraction of sp³-hybridized carbons (Fsp3) is 0.353. The maximum absolute atomic E-state index is 11.7. The summed E-state index contributed by atoms with van der Waals surface area (Å²) in [4.78, 5) is 14.0. The highest BCUT2D eigenvalue weighted by atomic mass is 16.3. The molecule has 2 rings (SSSR count). The highest BCUT2D eigenvalue weighted by molar-refractivity contribution is 5.73. The van der Waals surface area contributed by atoms with Gasteiger partial charge in [0.05, 0.1) is 12.8 Å². The molecular weight excluding hydrogens is 278 g/mol. The van der Waals surface area contributed by atoms with E-state index in [2.05, 4.69) is 53.6 Å². The summed E-state index contributed by atoms with van der Waals surface area (Å²) in [5, 5.41) is 5.62. The van der Waals surface area contributed by atoms with Crippen molar-refractivity contribution >= 4 is 11.7 Å². The minimum absolute atomic E-state index is 0.184. The zero-order chi connectivity index (χ0) is 15.8. The minimum atomic E-state index is -0.184. The molecule has 2 N–H and O–H groups in total. The Morgan fingerprint density at radius 1 is 1.23 bits per heavy atom. The van der Waals surface area contributed by atoms with E-state index in [1.54, 1.807) is 12.3 Å². The smallest absolute Gasteiger partial charge is 0.315 e. The number of amides is 2. The van der Waals surface area contributed by atoms with Crippen molar-refractivity contribution in [1.82, 2.24) is 10.6 Å². The van der Waals surface area contributed by atoms with Gasteiger partial charge in [-0.1, -0.05) is 12.1 Å². The van der Waals surface area contributed by atoms with E-state index in [4.69, 9.17) is 4.42 Å². The van der Waals surface area contributed by atoms with Gasteiger partial charge in [-0.2, -0.15) is 0 Å². The largest absolute Gasteiger partial charge is 0.467 e. The quantitative estimate of drug-likeness (QED) is 0.826. The van der Waals surface area contributed by atoms with Crippen LogP contribution in [0.5, 0.6) is 0 Å². The summed E-state index contributed by atoms with van der Waals surface area (Å²) < 4.78 is 5.16. The van der Waals surface area contributed by atoms with Gasteiger partial charge in [-0.3, -0.25) is 0 Å². The number of likely N-dealkylation sites (N-methyl/N-ethyl adjacent to an activating group) is 1. The van der Waals surface area contributed by atoms with Gasteiger partial charge in [-0.25, -0.2) is 4.79 Å². The zero-order valence-electron chi connectivity index (χ0n) is 13.1. The molecule has 0 saturated heterocycles. The molecule has 118 valence electrons. The second-order valence-corrected chi connectivity index (χ2v) is 5.11. The summed E-state index contributed by atoms with van der Waals surface area (Å²) in [6.45, 7) is 6.85. The van der Waals surface area contributed by atoms with Crippen LogP contribution in [0.4, 0.5) is 10.5 Å². The highest BCUT2D eigenvalue weighted by Crippen LogP contribution is 2.14. The Morgan fingerprint density at radius 2 is 2.09 bits per heavy atom. The number of benzene rings is 1. The molecule has 0 saturated carbocycles. The lowest BCUT2D eigenvalue weighted by molar-refractivity contribution is 0.239. The average molecular weight is 301 g/mol. The molecule has 0 spiro atoms. The number of urea groups is 1. The number of furan rings is 1. The second-order valence-electron chi connectivity index (χ2n) is 5.11. The summed E-state index contributed by atoms with van der Waals surface area (Å²) in [5.41, 5.74) is 2.42. The van der Waals surface area contributed by atoms with Gasteiger partial charge in [0.1, 0.15) is 5.76 Å². The topological polar surface area (TPSA) is 57.5 Å². The third kappa shape index (κ3) is 4.84. The van der Waals surface area contributed by atoms with Crippen LogP contribution in [0.25, 0.3) is 0 Å². The molecule has 5 nitrogen and oxygen atoms in total. The predicted molar refractivity (Wildman–Crippen MR) is 88.0 cm³/mol. The number of hydrogen-bond acceptors (Lipinski definition) is 3. The first kappa shape index (κ1) is 15.9. The molecule has 2 aromatic rings. The Labute approximate surface area is 131 Å². The van der Waals surface area contributed by atoms with Crippen molar-refractivity contribution in [1.29, 1.82) is 0 Å². The number of carbonyl (C=O) groups is 1. The van der Waals surface area contributed by atoms with E-state index in [1.807, 2.05) is 6.07 Å². The lowest BCUT2D eigenvalue weighted by Gasteiger charge is -2.23. The van der Waals surface area contributed by atoms with Crippen molar-refractivity contribution in [3.05, 3.63) is 54.0 Å². The van der Waals surface area contributed by atoms with Gasteiger partial charge in [0.15, 0.2) is 0 Å². The van der Waals surface area contributed by atoms with Crippen LogP contribution < -0.4 is 15.5 Å². The third-order valence-electron chi connectivity index (χ3n) is 3.42. The van der Waals surface area contributed by atoms with Crippen LogP contribution in [0, 0.1) is 6.92 Å². The standard InChI is InChI=1S/C17H23N3O2/c1-3-20(15-7-4-6-14(2)12-15)10-9-18-17(21)19-13-16-8-5-11-22-16/h4-8,11-12H,3,9-10,13H2,1-2H3,(H2,18,19,21). The number of rotatable bonds is 7. The molecule has 0 unspecified atom stereocenters. The fourth-order valence-corrected chi connectivity index (χ4v) is 2.24. The van der Waals surface area contributed by atoms with E-state index in [1.165, 1.54) is 11.3 Å². The summed E-state index contributed by atoms with van der Waals surface area (Å²) in [6.07, 6.45) is 1.59. The molecule has 0 bridgehead atoms. The van der Waals surface area contributed by atoms with Crippen LogP contribution >= 0.6 is 0 Å². The van der Waals surface area contributed by atoms with Crippen LogP contribution in [-0.2, 0) is 6.54 Å². The van der Waals surface area contributed by atoms with E-state index in [0.29, 0.717) is 13.1 Å². The second kappa shape index (κ2) is 8.12. The van der Waals surface area contributed by atoms with Crippen LogP contribution in [-0.4, -0.2) is 25.7 Å². The van der Waals surface area contributed by atoms with E-state index >= 15 is 0 Å². The maximum atomic E-state index is 11.7. The van der Waals surface area contributed by atoms with Crippen molar-refractivity contribution in [2.75, 3.05) is 24.5 Å². The summed E-state index contributed by atoms with van der Waals surface area (Å²) in [5.74, 6) is 0.741. The molecule has 0 aliphatic heterocycles. The molecule has 1 aromatic heterocycles. The molecule has 0 radical (unpaired) electrons. The first-order valence-corrected chi connectivity index (χ1v) is 7.54. The summed E-state index contributed by atoms with van der Waals surface area (Å²) >= 11 is 0. The van der Waals surface area contributed by atoms with E-state index < -0.39 is 0 Å². The van der Waals surface area contributed by atoms with Gasteiger partial charge in [0.2, 0.25) is 0 Å². The lowest BCUT2D eigenvalue weighted by Crippen LogP contribution is -2.40. The van der Waals surface area contributed by atoms with Crippen molar-refractivity contribution in [3.8, 4) is 0 Å². The van der Waals surface area contributed by atoms with Gasteiger partial charge < -0.3 is 20.0 Å². The summed E-state index contributed by atoms with van der Waals surface area (Å²) in [6, 6.07) is 11.8. The molecule has 22 heavy (non-hydrogen) atoms. The van der Waals surface area contributed by atoms with Crippen LogP contribution in [0.15, 0.2) is 47.1 Å². The van der Waals surface area contributed by atoms with Crippen LogP contribution in [0.2, 0.25) is 0 Å². The third-order valence-corrected chi connectivity index (χ3v) is 3.42. The van der Waals surface area contributed by atoms with Gasteiger partial charge in [-0.05, 0) is 43.7 Å². The number of anilines is 1. The normalized spacial score (nSPS) is 10.3. The van der Waals surface area contributed by atoms with E-state index in [9.17, 15) is 4.79 Å². The minimum Gasteiger partial charge on any atom is -0.467 e. The number of carbonyl (C=O) groups excluding carboxylic acids is 1. The van der Waals surface area contributed by atoms with Crippen molar-refractivity contribution in [2.45, 2.75) is 20.4 Å². The number of nitrogens with zero attached hydrogens (tertiary/aromatic N) is 1.